The number of methoxy groups -OCH3 is 1. The second kappa shape index (κ2) is 6.53. The molecule has 0 bridgehead atoms. The lowest BCUT2D eigenvalue weighted by Crippen LogP contribution is -2.41. The molecule has 2 aliphatic rings. The van der Waals surface area contributed by atoms with E-state index in [4.69, 9.17) is 16.3 Å². The fourth-order valence-electron chi connectivity index (χ4n) is 4.38. The van der Waals surface area contributed by atoms with E-state index in [0.29, 0.717) is 11.4 Å². The van der Waals surface area contributed by atoms with Crippen LogP contribution in [0.15, 0.2) is 35.9 Å². The molecular formula is C20H25ClO3. The van der Waals surface area contributed by atoms with Crippen molar-refractivity contribution in [3.63, 3.8) is 0 Å². The van der Waals surface area contributed by atoms with Crippen molar-refractivity contribution in [3.8, 4) is 0 Å². The smallest absolute Gasteiger partial charge is 0.309 e. The predicted molar refractivity (Wildman–Crippen MR) is 94.9 cm³/mol. The molecule has 4 heteroatoms. The number of aliphatic hydroxyl groups is 1. The van der Waals surface area contributed by atoms with E-state index < -0.39 is 6.10 Å². The summed E-state index contributed by atoms with van der Waals surface area (Å²) in [5.41, 5.74) is 2.43. The molecule has 0 amide bonds. The number of fused-ring (bicyclic) bond motifs is 1. The SMILES string of the molecule is COC(=O)[C@@H]1C[C@H]2C(=C[C@@H]1c1ccc(Cl)cc1)CC(C)(C)C[C@H]2O. The Bertz CT molecular complexity index is 647. The Hall–Kier alpha value is -1.32. The highest BCUT2D eigenvalue weighted by Crippen LogP contribution is 2.50. The first-order valence-corrected chi connectivity index (χ1v) is 8.90. The molecule has 0 aromatic heterocycles. The molecule has 4 atom stereocenters. The maximum atomic E-state index is 12.4. The third kappa shape index (κ3) is 3.38. The maximum Gasteiger partial charge on any atom is 0.309 e. The van der Waals surface area contributed by atoms with Gasteiger partial charge in [0, 0.05) is 16.9 Å². The molecule has 3 nitrogen and oxygen atoms in total. The minimum atomic E-state index is -0.390. The largest absolute Gasteiger partial charge is 0.469 e. The van der Waals surface area contributed by atoms with E-state index >= 15 is 0 Å². The Kier molecular flexibility index (Phi) is 4.76. The summed E-state index contributed by atoms with van der Waals surface area (Å²) in [7, 11) is 1.43. The summed E-state index contributed by atoms with van der Waals surface area (Å²) in [5.74, 6) is -0.434. The van der Waals surface area contributed by atoms with Gasteiger partial charge in [-0.2, -0.15) is 0 Å². The number of hydrogen-bond acceptors (Lipinski definition) is 3. The average molecular weight is 349 g/mol. The molecule has 2 aliphatic carbocycles. The summed E-state index contributed by atoms with van der Waals surface area (Å²) in [6.45, 7) is 4.38. The fourth-order valence-corrected chi connectivity index (χ4v) is 4.50. The number of halogens is 1. The standard InChI is InChI=1S/C20H25ClO3/c1-20(2)10-13-8-15(12-4-6-14(21)7-5-12)17(19(23)24-3)9-16(13)18(22)11-20/h4-8,15-18,22H,9-11H2,1-3H3/t15-,16+,17-,18-/m1/s1. The highest BCUT2D eigenvalue weighted by Gasteiger charge is 2.44. The van der Waals surface area contributed by atoms with Gasteiger partial charge < -0.3 is 9.84 Å². The Morgan fingerprint density at radius 1 is 1.29 bits per heavy atom. The van der Waals surface area contributed by atoms with E-state index in [2.05, 4.69) is 19.9 Å². The molecule has 1 aromatic rings. The fraction of sp³-hybridized carbons (Fsp3) is 0.550. The van der Waals surface area contributed by atoms with Gasteiger partial charge in [0.05, 0.1) is 19.1 Å². The van der Waals surface area contributed by atoms with Crippen LogP contribution in [0.1, 0.15) is 44.6 Å². The van der Waals surface area contributed by atoms with E-state index in [-0.39, 0.29) is 29.1 Å². The first-order valence-electron chi connectivity index (χ1n) is 8.53. The number of allylic oxidation sites excluding steroid dienone is 1. The van der Waals surface area contributed by atoms with Crippen molar-refractivity contribution in [2.24, 2.45) is 17.3 Å². The molecule has 1 fully saturated rings. The van der Waals surface area contributed by atoms with Crippen molar-refractivity contribution in [3.05, 3.63) is 46.5 Å². The van der Waals surface area contributed by atoms with Crippen molar-refractivity contribution in [2.45, 2.75) is 45.1 Å². The Morgan fingerprint density at radius 3 is 2.58 bits per heavy atom. The van der Waals surface area contributed by atoms with Crippen LogP contribution in [-0.2, 0) is 9.53 Å². The van der Waals surface area contributed by atoms with Crippen LogP contribution in [0.2, 0.25) is 5.02 Å². The van der Waals surface area contributed by atoms with Crippen LogP contribution in [0.4, 0.5) is 0 Å². The summed E-state index contributed by atoms with van der Waals surface area (Å²) >= 11 is 6.00. The molecule has 0 radical (unpaired) electrons. The highest BCUT2D eigenvalue weighted by molar-refractivity contribution is 6.30. The number of hydrogen-bond donors (Lipinski definition) is 1. The van der Waals surface area contributed by atoms with Crippen LogP contribution in [0.5, 0.6) is 0 Å². The van der Waals surface area contributed by atoms with Gasteiger partial charge in [0.25, 0.3) is 0 Å². The zero-order valence-electron chi connectivity index (χ0n) is 14.5. The Balaban J connectivity index is 2.01. The van der Waals surface area contributed by atoms with Crippen LogP contribution >= 0.6 is 11.6 Å². The zero-order chi connectivity index (χ0) is 17.5. The maximum absolute atomic E-state index is 12.4. The number of benzene rings is 1. The molecule has 1 aromatic carbocycles. The number of carbonyl (C=O) groups is 1. The topological polar surface area (TPSA) is 46.5 Å². The number of carbonyl (C=O) groups excluding carboxylic acids is 1. The van der Waals surface area contributed by atoms with E-state index in [0.717, 1.165) is 18.4 Å². The van der Waals surface area contributed by atoms with Gasteiger partial charge in [0.2, 0.25) is 0 Å². The quantitative estimate of drug-likeness (QED) is 0.638. The Labute approximate surface area is 148 Å². The van der Waals surface area contributed by atoms with E-state index in [1.54, 1.807) is 0 Å². The van der Waals surface area contributed by atoms with Crippen LogP contribution in [0.25, 0.3) is 0 Å². The normalized spacial score (nSPS) is 31.8. The summed E-state index contributed by atoms with van der Waals surface area (Å²) in [4.78, 5) is 12.4. The average Bonchev–Trinajstić information content (AvgIpc) is 2.53. The van der Waals surface area contributed by atoms with Gasteiger partial charge in [0.1, 0.15) is 0 Å². The summed E-state index contributed by atoms with van der Waals surface area (Å²) in [6.07, 6.45) is 4.19. The molecule has 3 rings (SSSR count). The van der Waals surface area contributed by atoms with Crippen LogP contribution < -0.4 is 0 Å². The molecule has 130 valence electrons. The second-order valence-electron chi connectivity index (χ2n) is 7.90. The number of rotatable bonds is 2. The van der Waals surface area contributed by atoms with E-state index in [1.165, 1.54) is 12.7 Å². The number of esters is 1. The predicted octanol–water partition coefficient (Wildman–Crippen LogP) is 4.34. The van der Waals surface area contributed by atoms with E-state index in [1.807, 2.05) is 24.3 Å². The number of aliphatic hydroxyl groups excluding tert-OH is 1. The van der Waals surface area contributed by atoms with Gasteiger partial charge in [0.15, 0.2) is 0 Å². The summed E-state index contributed by atoms with van der Waals surface area (Å²) in [5, 5.41) is 11.3. The lowest BCUT2D eigenvalue weighted by Gasteiger charge is -2.45. The first-order chi connectivity index (χ1) is 11.3. The van der Waals surface area contributed by atoms with Crippen LogP contribution in [-0.4, -0.2) is 24.3 Å². The van der Waals surface area contributed by atoms with Gasteiger partial charge in [-0.15, -0.1) is 0 Å². The second-order valence-corrected chi connectivity index (χ2v) is 8.34. The van der Waals surface area contributed by atoms with Crippen molar-refractivity contribution in [2.75, 3.05) is 7.11 Å². The van der Waals surface area contributed by atoms with Gasteiger partial charge in [-0.05, 0) is 42.4 Å². The summed E-state index contributed by atoms with van der Waals surface area (Å²) < 4.78 is 5.05. The van der Waals surface area contributed by atoms with Gasteiger partial charge in [-0.25, -0.2) is 0 Å². The lowest BCUT2D eigenvalue weighted by molar-refractivity contribution is -0.147. The van der Waals surface area contributed by atoms with Crippen molar-refractivity contribution >= 4 is 17.6 Å². The molecule has 0 unspecified atom stereocenters. The molecule has 0 heterocycles. The van der Waals surface area contributed by atoms with Crippen LogP contribution in [0.3, 0.4) is 0 Å². The molecule has 0 spiro atoms. The molecule has 24 heavy (non-hydrogen) atoms. The zero-order valence-corrected chi connectivity index (χ0v) is 15.2. The monoisotopic (exact) mass is 348 g/mol. The van der Waals surface area contributed by atoms with Crippen molar-refractivity contribution in [1.29, 1.82) is 0 Å². The van der Waals surface area contributed by atoms with Gasteiger partial charge in [-0.3, -0.25) is 4.79 Å². The van der Waals surface area contributed by atoms with E-state index in [9.17, 15) is 9.90 Å². The minimum absolute atomic E-state index is 0.0259. The number of ether oxygens (including phenoxy) is 1. The molecule has 1 N–H and O–H groups in total. The van der Waals surface area contributed by atoms with Gasteiger partial charge in [-0.1, -0.05) is 49.2 Å². The molecule has 1 saturated carbocycles. The third-order valence-corrected chi connectivity index (χ3v) is 5.73. The van der Waals surface area contributed by atoms with Crippen molar-refractivity contribution < 1.29 is 14.6 Å². The van der Waals surface area contributed by atoms with Crippen molar-refractivity contribution in [1.82, 2.24) is 0 Å². The lowest BCUT2D eigenvalue weighted by atomic mass is 9.61. The minimum Gasteiger partial charge on any atom is -0.469 e. The first kappa shape index (κ1) is 17.5. The van der Waals surface area contributed by atoms with Crippen LogP contribution in [0, 0.1) is 17.3 Å². The molecule has 0 aliphatic heterocycles. The Morgan fingerprint density at radius 2 is 1.96 bits per heavy atom. The highest BCUT2D eigenvalue weighted by atomic mass is 35.5. The molecular weight excluding hydrogens is 324 g/mol. The summed E-state index contributed by atoms with van der Waals surface area (Å²) in [6, 6.07) is 7.67. The van der Waals surface area contributed by atoms with Gasteiger partial charge >= 0.3 is 5.97 Å². The molecule has 0 saturated heterocycles. The third-order valence-electron chi connectivity index (χ3n) is 5.48.